The van der Waals surface area contributed by atoms with E-state index in [1.807, 2.05) is 13.8 Å². The van der Waals surface area contributed by atoms with Gasteiger partial charge in [0, 0.05) is 25.2 Å². The van der Waals surface area contributed by atoms with E-state index in [0.29, 0.717) is 35.8 Å². The first kappa shape index (κ1) is 21.5. The fourth-order valence-corrected chi connectivity index (χ4v) is 2.76. The standard InChI is InChI=1S/2C11H12N2O2/c2*1-11(3-5-15-11)8-14-10-7-13-4-2-9(10)6-12/h2*2,4,7H,3,5,8H2,1H3. The average Bonchev–Trinajstić information content (AvgIpc) is 2.74. The van der Waals surface area contributed by atoms with Gasteiger partial charge in [0.05, 0.1) is 36.7 Å². The highest BCUT2D eigenvalue weighted by Crippen LogP contribution is 2.28. The zero-order valence-corrected chi connectivity index (χ0v) is 17.1. The third kappa shape index (κ3) is 5.44. The van der Waals surface area contributed by atoms with Crippen LogP contribution in [0.4, 0.5) is 0 Å². The zero-order chi connectivity index (χ0) is 21.5. The van der Waals surface area contributed by atoms with Crippen molar-refractivity contribution in [3.8, 4) is 23.6 Å². The second-order valence-electron chi connectivity index (χ2n) is 7.64. The number of nitrogens with zero attached hydrogens (tertiary/aromatic N) is 4. The molecule has 4 rings (SSSR count). The van der Waals surface area contributed by atoms with Gasteiger partial charge in [-0.1, -0.05) is 0 Å². The Morgan fingerprint density at radius 3 is 1.57 bits per heavy atom. The molecule has 2 aliphatic rings. The summed E-state index contributed by atoms with van der Waals surface area (Å²) in [5, 5.41) is 17.7. The number of ether oxygens (including phenoxy) is 4. The van der Waals surface area contributed by atoms with E-state index in [1.165, 1.54) is 0 Å². The minimum absolute atomic E-state index is 0.192. The van der Waals surface area contributed by atoms with Crippen molar-refractivity contribution in [1.29, 1.82) is 10.5 Å². The van der Waals surface area contributed by atoms with E-state index >= 15 is 0 Å². The molecule has 0 spiro atoms. The Hall–Kier alpha value is -3.20. The third-order valence-electron chi connectivity index (χ3n) is 5.04. The van der Waals surface area contributed by atoms with Gasteiger partial charge in [0.15, 0.2) is 11.5 Å². The van der Waals surface area contributed by atoms with Crippen molar-refractivity contribution in [2.75, 3.05) is 26.4 Å². The van der Waals surface area contributed by atoms with E-state index in [1.54, 1.807) is 36.9 Å². The van der Waals surface area contributed by atoms with Gasteiger partial charge >= 0.3 is 0 Å². The lowest BCUT2D eigenvalue weighted by Gasteiger charge is -2.38. The fourth-order valence-electron chi connectivity index (χ4n) is 2.76. The molecule has 0 aliphatic carbocycles. The van der Waals surface area contributed by atoms with Crippen LogP contribution in [0.3, 0.4) is 0 Å². The van der Waals surface area contributed by atoms with Crippen LogP contribution >= 0.6 is 0 Å². The maximum absolute atomic E-state index is 8.83. The lowest BCUT2D eigenvalue weighted by atomic mass is 9.99. The summed E-state index contributed by atoms with van der Waals surface area (Å²) in [6, 6.07) is 7.40. The Morgan fingerprint density at radius 2 is 1.27 bits per heavy atom. The predicted molar refractivity (Wildman–Crippen MR) is 107 cm³/mol. The molecule has 0 radical (unpaired) electrons. The van der Waals surface area contributed by atoms with Gasteiger partial charge < -0.3 is 18.9 Å². The molecule has 2 saturated heterocycles. The smallest absolute Gasteiger partial charge is 0.155 e. The molecule has 4 heterocycles. The van der Waals surface area contributed by atoms with Gasteiger partial charge in [0.25, 0.3) is 0 Å². The molecule has 0 aromatic carbocycles. The maximum atomic E-state index is 8.83. The summed E-state index contributed by atoms with van der Waals surface area (Å²) < 4.78 is 21.8. The first-order valence-corrected chi connectivity index (χ1v) is 9.69. The van der Waals surface area contributed by atoms with Gasteiger partial charge in [-0.3, -0.25) is 9.97 Å². The molecule has 2 aromatic rings. The Morgan fingerprint density at radius 1 is 0.867 bits per heavy atom. The minimum Gasteiger partial charge on any atom is -0.488 e. The Labute approximate surface area is 176 Å². The van der Waals surface area contributed by atoms with Crippen LogP contribution in [0.2, 0.25) is 0 Å². The number of pyridine rings is 2. The SMILES string of the molecule is CC1(COc2cnccc2C#N)CCO1.CC1(COc2cnccc2C#N)CCO1. The van der Waals surface area contributed by atoms with Gasteiger partial charge in [0.1, 0.15) is 36.6 Å². The van der Waals surface area contributed by atoms with Gasteiger partial charge in [-0.15, -0.1) is 0 Å². The van der Waals surface area contributed by atoms with Crippen LogP contribution in [0, 0.1) is 22.7 Å². The second kappa shape index (κ2) is 9.53. The lowest BCUT2D eigenvalue weighted by Crippen LogP contribution is -2.45. The van der Waals surface area contributed by atoms with Crippen LogP contribution in [0.5, 0.6) is 11.5 Å². The molecule has 156 valence electrons. The Kier molecular flexibility index (Phi) is 6.83. The fraction of sp³-hybridized carbons (Fsp3) is 0.455. The van der Waals surface area contributed by atoms with Gasteiger partial charge in [0.2, 0.25) is 0 Å². The van der Waals surface area contributed by atoms with Crippen LogP contribution in [-0.2, 0) is 9.47 Å². The third-order valence-corrected chi connectivity index (χ3v) is 5.04. The van der Waals surface area contributed by atoms with Crippen LogP contribution in [-0.4, -0.2) is 47.6 Å². The van der Waals surface area contributed by atoms with Crippen LogP contribution in [0.1, 0.15) is 37.8 Å². The molecular weight excluding hydrogens is 384 g/mol. The molecular formula is C22H24N4O4. The van der Waals surface area contributed by atoms with Gasteiger partial charge in [-0.2, -0.15) is 10.5 Å². The summed E-state index contributed by atoms with van der Waals surface area (Å²) >= 11 is 0. The largest absolute Gasteiger partial charge is 0.488 e. The lowest BCUT2D eigenvalue weighted by molar-refractivity contribution is -0.152. The maximum Gasteiger partial charge on any atom is 0.155 e. The number of nitriles is 2. The summed E-state index contributed by atoms with van der Waals surface area (Å²) in [7, 11) is 0. The van der Waals surface area contributed by atoms with E-state index < -0.39 is 0 Å². The first-order chi connectivity index (χ1) is 14.5. The highest BCUT2D eigenvalue weighted by Gasteiger charge is 2.34. The van der Waals surface area contributed by atoms with Crippen molar-refractivity contribution < 1.29 is 18.9 Å². The van der Waals surface area contributed by atoms with E-state index in [-0.39, 0.29) is 11.2 Å². The van der Waals surface area contributed by atoms with Gasteiger partial charge in [-0.25, -0.2) is 0 Å². The number of aromatic nitrogens is 2. The van der Waals surface area contributed by atoms with E-state index in [2.05, 4.69) is 22.1 Å². The molecule has 0 N–H and O–H groups in total. The molecule has 8 nitrogen and oxygen atoms in total. The van der Waals surface area contributed by atoms with Crippen LogP contribution < -0.4 is 9.47 Å². The number of rotatable bonds is 6. The summed E-state index contributed by atoms with van der Waals surface area (Å²) in [5.74, 6) is 1.05. The van der Waals surface area contributed by atoms with Crippen molar-refractivity contribution in [2.45, 2.75) is 37.9 Å². The topological polar surface area (TPSA) is 110 Å². The van der Waals surface area contributed by atoms with Crippen LogP contribution in [0.25, 0.3) is 0 Å². The summed E-state index contributed by atoms with van der Waals surface area (Å²) in [5.41, 5.74) is 0.631. The van der Waals surface area contributed by atoms with E-state index in [9.17, 15) is 0 Å². The molecule has 0 bridgehead atoms. The van der Waals surface area contributed by atoms with Crippen LogP contribution in [0.15, 0.2) is 36.9 Å². The van der Waals surface area contributed by atoms with Crippen molar-refractivity contribution in [3.63, 3.8) is 0 Å². The molecule has 0 saturated carbocycles. The zero-order valence-electron chi connectivity index (χ0n) is 17.1. The molecule has 2 atom stereocenters. The Balaban J connectivity index is 0.000000171. The van der Waals surface area contributed by atoms with Crippen molar-refractivity contribution in [3.05, 3.63) is 48.0 Å². The average molecular weight is 408 g/mol. The number of hydrogen-bond acceptors (Lipinski definition) is 8. The highest BCUT2D eigenvalue weighted by molar-refractivity contribution is 5.40. The molecule has 2 unspecified atom stereocenters. The molecule has 2 aromatic heterocycles. The summed E-state index contributed by atoms with van der Waals surface area (Å²) in [4.78, 5) is 7.84. The summed E-state index contributed by atoms with van der Waals surface area (Å²) in [6.45, 7) is 6.51. The number of hydrogen-bond donors (Lipinski definition) is 0. The minimum atomic E-state index is -0.192. The molecule has 2 aliphatic heterocycles. The Bertz CT molecular complexity index is 865. The summed E-state index contributed by atoms with van der Waals surface area (Å²) in [6.07, 6.45) is 8.26. The molecule has 2 fully saturated rings. The van der Waals surface area contributed by atoms with Gasteiger partial charge in [-0.05, 0) is 26.0 Å². The normalized spacial score (nSPS) is 24.0. The first-order valence-electron chi connectivity index (χ1n) is 9.69. The molecule has 30 heavy (non-hydrogen) atoms. The second-order valence-corrected chi connectivity index (χ2v) is 7.64. The van der Waals surface area contributed by atoms with E-state index in [4.69, 9.17) is 29.5 Å². The van der Waals surface area contributed by atoms with E-state index in [0.717, 1.165) is 26.1 Å². The highest BCUT2D eigenvalue weighted by atomic mass is 16.6. The van der Waals surface area contributed by atoms with Crippen molar-refractivity contribution in [1.82, 2.24) is 9.97 Å². The predicted octanol–water partition coefficient (Wildman–Crippen LogP) is 3.02. The monoisotopic (exact) mass is 408 g/mol. The molecule has 8 heteroatoms. The quantitative estimate of drug-likeness (QED) is 0.717. The van der Waals surface area contributed by atoms with Crippen molar-refractivity contribution in [2.24, 2.45) is 0 Å². The van der Waals surface area contributed by atoms with Crippen molar-refractivity contribution >= 4 is 0 Å². The molecule has 0 amide bonds.